The van der Waals surface area contributed by atoms with Gasteiger partial charge in [0.15, 0.2) is 0 Å². The molecule has 2 aromatic carbocycles. The summed E-state index contributed by atoms with van der Waals surface area (Å²) in [5.74, 6) is 2.84. The lowest BCUT2D eigenvalue weighted by atomic mass is 10.1. The fourth-order valence-corrected chi connectivity index (χ4v) is 3.48. The van der Waals surface area contributed by atoms with Crippen molar-refractivity contribution in [2.24, 2.45) is 5.92 Å². The van der Waals surface area contributed by atoms with E-state index in [1.54, 1.807) is 0 Å². The van der Waals surface area contributed by atoms with Crippen molar-refractivity contribution < 1.29 is 4.74 Å². The first-order valence-electron chi connectivity index (χ1n) is 8.54. The molecular formula is C20H23Cl2NO. The predicted molar refractivity (Wildman–Crippen MR) is 102 cm³/mol. The van der Waals surface area contributed by atoms with Crippen LogP contribution in [-0.4, -0.2) is 24.5 Å². The number of rotatable bonds is 2. The SMILES string of the molecule is Cl.Clc1ccc2c(c1)CCN(CC1CC1)CCc1ccccc1O2. The van der Waals surface area contributed by atoms with Gasteiger partial charge >= 0.3 is 0 Å². The van der Waals surface area contributed by atoms with E-state index in [2.05, 4.69) is 29.2 Å². The Morgan fingerprint density at radius 2 is 1.67 bits per heavy atom. The summed E-state index contributed by atoms with van der Waals surface area (Å²) in [5.41, 5.74) is 2.49. The van der Waals surface area contributed by atoms with Crippen LogP contribution in [-0.2, 0) is 12.8 Å². The average molecular weight is 364 g/mol. The average Bonchev–Trinajstić information content (AvgIpc) is 3.37. The Labute approximate surface area is 155 Å². The second-order valence-electron chi connectivity index (χ2n) is 6.71. The lowest BCUT2D eigenvalue weighted by Gasteiger charge is -2.25. The number of benzene rings is 2. The summed E-state index contributed by atoms with van der Waals surface area (Å²) < 4.78 is 6.22. The number of hydrogen-bond acceptors (Lipinski definition) is 2. The number of para-hydroxylation sites is 1. The molecule has 0 aromatic heterocycles. The molecule has 0 radical (unpaired) electrons. The minimum Gasteiger partial charge on any atom is -0.457 e. The van der Waals surface area contributed by atoms with E-state index in [9.17, 15) is 0 Å². The van der Waals surface area contributed by atoms with E-state index in [0.29, 0.717) is 0 Å². The molecule has 1 fully saturated rings. The van der Waals surface area contributed by atoms with Crippen molar-refractivity contribution in [2.75, 3.05) is 19.6 Å². The Morgan fingerprint density at radius 3 is 2.46 bits per heavy atom. The van der Waals surface area contributed by atoms with Crippen LogP contribution in [0.3, 0.4) is 0 Å². The quantitative estimate of drug-likeness (QED) is 0.711. The summed E-state index contributed by atoms with van der Waals surface area (Å²) in [5, 5.41) is 0.784. The summed E-state index contributed by atoms with van der Waals surface area (Å²) in [6.45, 7) is 3.42. The van der Waals surface area contributed by atoms with Crippen LogP contribution in [0.4, 0.5) is 0 Å². The van der Waals surface area contributed by atoms with E-state index >= 15 is 0 Å². The van der Waals surface area contributed by atoms with Gasteiger partial charge in [-0.05, 0) is 67.0 Å². The molecule has 0 atom stereocenters. The van der Waals surface area contributed by atoms with Crippen LogP contribution in [0.25, 0.3) is 0 Å². The largest absolute Gasteiger partial charge is 0.457 e. The maximum atomic E-state index is 6.22. The first kappa shape index (κ1) is 17.6. The molecule has 4 heteroatoms. The smallest absolute Gasteiger partial charge is 0.130 e. The molecule has 0 bridgehead atoms. The molecule has 0 amide bonds. The highest BCUT2D eigenvalue weighted by Crippen LogP contribution is 2.33. The van der Waals surface area contributed by atoms with Crippen molar-refractivity contribution in [1.82, 2.24) is 4.90 Å². The second kappa shape index (κ2) is 7.77. The standard InChI is InChI=1S/C20H22ClNO.ClH/c21-18-7-8-20-17(13-18)10-12-22(14-15-5-6-15)11-9-16-3-1-2-4-19(16)23-20;/h1-4,7-8,13,15H,5-6,9-12,14H2;1H. The van der Waals surface area contributed by atoms with E-state index in [1.165, 1.54) is 30.5 Å². The molecule has 0 N–H and O–H groups in total. The van der Waals surface area contributed by atoms with E-state index in [4.69, 9.17) is 16.3 Å². The van der Waals surface area contributed by atoms with Crippen LogP contribution in [0.2, 0.25) is 5.02 Å². The zero-order chi connectivity index (χ0) is 15.6. The Balaban J connectivity index is 0.00000169. The van der Waals surface area contributed by atoms with Gasteiger partial charge in [-0.25, -0.2) is 0 Å². The van der Waals surface area contributed by atoms with Gasteiger partial charge in [0.05, 0.1) is 0 Å². The van der Waals surface area contributed by atoms with E-state index in [1.807, 2.05) is 18.2 Å². The Hall–Kier alpha value is -1.22. The van der Waals surface area contributed by atoms with Gasteiger partial charge in [0, 0.05) is 24.7 Å². The summed E-state index contributed by atoms with van der Waals surface area (Å²) >= 11 is 6.21. The number of halogens is 2. The third kappa shape index (κ3) is 4.24. The molecule has 1 aliphatic carbocycles. The minimum absolute atomic E-state index is 0. The van der Waals surface area contributed by atoms with Gasteiger partial charge in [-0.1, -0.05) is 29.8 Å². The maximum absolute atomic E-state index is 6.22. The monoisotopic (exact) mass is 363 g/mol. The molecule has 2 nitrogen and oxygen atoms in total. The first-order valence-corrected chi connectivity index (χ1v) is 8.92. The molecule has 0 saturated heterocycles. The molecular weight excluding hydrogens is 341 g/mol. The molecule has 1 saturated carbocycles. The van der Waals surface area contributed by atoms with E-state index in [0.717, 1.165) is 48.4 Å². The predicted octanol–water partition coefficient (Wildman–Crippen LogP) is 5.36. The topological polar surface area (TPSA) is 12.5 Å². The van der Waals surface area contributed by atoms with Crippen molar-refractivity contribution in [3.8, 4) is 11.5 Å². The summed E-state index contributed by atoms with van der Waals surface area (Å²) in [4.78, 5) is 2.62. The van der Waals surface area contributed by atoms with Gasteiger partial charge in [-0.3, -0.25) is 0 Å². The van der Waals surface area contributed by atoms with E-state index in [-0.39, 0.29) is 12.4 Å². The van der Waals surface area contributed by atoms with E-state index < -0.39 is 0 Å². The molecule has 128 valence electrons. The highest BCUT2D eigenvalue weighted by atomic mass is 35.5. The number of nitrogens with zero attached hydrogens (tertiary/aromatic N) is 1. The van der Waals surface area contributed by atoms with Gasteiger partial charge in [0.25, 0.3) is 0 Å². The van der Waals surface area contributed by atoms with Crippen LogP contribution in [0.5, 0.6) is 11.5 Å². The van der Waals surface area contributed by atoms with Crippen LogP contribution >= 0.6 is 24.0 Å². The van der Waals surface area contributed by atoms with Crippen molar-refractivity contribution >= 4 is 24.0 Å². The van der Waals surface area contributed by atoms with Crippen molar-refractivity contribution in [3.05, 3.63) is 58.6 Å². The molecule has 24 heavy (non-hydrogen) atoms. The molecule has 2 aromatic rings. The first-order chi connectivity index (χ1) is 11.3. The summed E-state index contributed by atoms with van der Waals surface area (Å²) in [6.07, 6.45) is 4.84. The molecule has 0 spiro atoms. The molecule has 0 unspecified atom stereocenters. The lowest BCUT2D eigenvalue weighted by Crippen LogP contribution is -2.31. The Kier molecular flexibility index (Phi) is 5.70. The molecule has 1 heterocycles. The van der Waals surface area contributed by atoms with Gasteiger partial charge in [-0.15, -0.1) is 12.4 Å². The van der Waals surface area contributed by atoms with Crippen molar-refractivity contribution in [3.63, 3.8) is 0 Å². The minimum atomic E-state index is 0. The van der Waals surface area contributed by atoms with Gasteiger partial charge in [0.1, 0.15) is 11.5 Å². The zero-order valence-electron chi connectivity index (χ0n) is 13.7. The van der Waals surface area contributed by atoms with Gasteiger partial charge < -0.3 is 9.64 Å². The Bertz CT molecular complexity index is 700. The summed E-state index contributed by atoms with van der Waals surface area (Å²) in [7, 11) is 0. The molecule has 1 aliphatic heterocycles. The highest BCUT2D eigenvalue weighted by molar-refractivity contribution is 6.30. The molecule has 2 aliphatic rings. The third-order valence-corrected chi connectivity index (χ3v) is 5.06. The third-order valence-electron chi connectivity index (χ3n) is 4.82. The second-order valence-corrected chi connectivity index (χ2v) is 7.14. The van der Waals surface area contributed by atoms with Crippen molar-refractivity contribution in [1.29, 1.82) is 0 Å². The normalized spacial score (nSPS) is 17.9. The number of ether oxygens (including phenoxy) is 1. The molecule has 4 rings (SSSR count). The fourth-order valence-electron chi connectivity index (χ4n) is 3.29. The van der Waals surface area contributed by atoms with Crippen molar-refractivity contribution in [2.45, 2.75) is 25.7 Å². The fraction of sp³-hybridized carbons (Fsp3) is 0.400. The summed E-state index contributed by atoms with van der Waals surface area (Å²) in [6, 6.07) is 14.4. The Morgan fingerprint density at radius 1 is 0.958 bits per heavy atom. The van der Waals surface area contributed by atoms with Gasteiger partial charge in [0.2, 0.25) is 0 Å². The zero-order valence-corrected chi connectivity index (χ0v) is 15.3. The van der Waals surface area contributed by atoms with Gasteiger partial charge in [-0.2, -0.15) is 0 Å². The van der Waals surface area contributed by atoms with Crippen LogP contribution in [0.1, 0.15) is 24.0 Å². The highest BCUT2D eigenvalue weighted by Gasteiger charge is 2.25. The van der Waals surface area contributed by atoms with Crippen LogP contribution in [0.15, 0.2) is 42.5 Å². The van der Waals surface area contributed by atoms with Crippen LogP contribution in [0, 0.1) is 5.92 Å². The number of hydrogen-bond donors (Lipinski definition) is 0. The lowest BCUT2D eigenvalue weighted by molar-refractivity contribution is 0.265. The number of fused-ring (bicyclic) bond motifs is 2. The maximum Gasteiger partial charge on any atom is 0.130 e. The van der Waals surface area contributed by atoms with Crippen LogP contribution < -0.4 is 4.74 Å².